The lowest BCUT2D eigenvalue weighted by Gasteiger charge is -2.29. The van der Waals surface area contributed by atoms with Gasteiger partial charge in [0.2, 0.25) is 17.8 Å². The number of aryl methyl sites for hydroxylation is 2. The highest BCUT2D eigenvalue weighted by Crippen LogP contribution is 2.31. The third-order valence-electron chi connectivity index (χ3n) is 9.89. The van der Waals surface area contributed by atoms with Crippen LogP contribution >= 0.6 is 0 Å². The third kappa shape index (κ3) is 7.67. The molecule has 7 rings (SSSR count). The van der Waals surface area contributed by atoms with E-state index in [2.05, 4.69) is 58.8 Å². The second kappa shape index (κ2) is 15.3. The van der Waals surface area contributed by atoms with Crippen LogP contribution in [0.5, 0.6) is 0 Å². The fraction of sp³-hybridized carbons (Fsp3) is 0.474. The molecule has 4 heterocycles. The lowest BCUT2D eigenvalue weighted by atomic mass is 9.98. The minimum atomic E-state index is -0.548. The van der Waals surface area contributed by atoms with Crippen molar-refractivity contribution >= 4 is 34.6 Å². The normalized spacial score (nSPS) is 17.8. The largest absolute Gasteiger partial charge is 0.351 e. The van der Waals surface area contributed by atoms with Gasteiger partial charge in [0.25, 0.3) is 5.91 Å². The molecule has 2 aliphatic heterocycles. The van der Waals surface area contributed by atoms with Crippen LogP contribution in [0.15, 0.2) is 48.7 Å². The number of benzene rings is 2. The summed E-state index contributed by atoms with van der Waals surface area (Å²) < 4.78 is 1.99. The van der Waals surface area contributed by atoms with Crippen molar-refractivity contribution in [2.45, 2.75) is 103 Å². The van der Waals surface area contributed by atoms with Crippen molar-refractivity contribution in [2.24, 2.45) is 12.8 Å². The van der Waals surface area contributed by atoms with E-state index in [0.717, 1.165) is 54.0 Å². The van der Waals surface area contributed by atoms with Gasteiger partial charge in [-0.15, -0.1) is 0 Å². The molecule has 1 aliphatic carbocycles. The Morgan fingerprint density at radius 1 is 1.02 bits per heavy atom. The summed E-state index contributed by atoms with van der Waals surface area (Å²) >= 11 is 0. The highest BCUT2D eigenvalue weighted by molar-refractivity contribution is 6.05. The van der Waals surface area contributed by atoms with Crippen molar-refractivity contribution < 1.29 is 14.4 Å². The predicted molar refractivity (Wildman–Crippen MR) is 191 cm³/mol. The average molecular weight is 665 g/mol. The summed E-state index contributed by atoms with van der Waals surface area (Å²) in [6.07, 6.45) is 11.6. The maximum Gasteiger partial charge on any atom is 0.255 e. The summed E-state index contributed by atoms with van der Waals surface area (Å²) in [6.45, 7) is 5.57. The summed E-state index contributed by atoms with van der Waals surface area (Å²) in [7, 11) is 2.02. The van der Waals surface area contributed by atoms with Crippen LogP contribution in [-0.4, -0.2) is 61.0 Å². The molecule has 2 fully saturated rings. The molecule has 0 bridgehead atoms. The van der Waals surface area contributed by atoms with Crippen molar-refractivity contribution in [3.05, 3.63) is 71.0 Å². The second-order valence-corrected chi connectivity index (χ2v) is 13.7. The topological polar surface area (TPSA) is 148 Å². The number of anilines is 1. The number of rotatable bonds is 10. The molecular weight excluding hydrogens is 616 g/mol. The van der Waals surface area contributed by atoms with Gasteiger partial charge in [-0.1, -0.05) is 51.3 Å². The highest BCUT2D eigenvalue weighted by atomic mass is 16.2. The van der Waals surface area contributed by atoms with Gasteiger partial charge in [0, 0.05) is 54.5 Å². The van der Waals surface area contributed by atoms with Gasteiger partial charge in [0.15, 0.2) is 0 Å². The first kappa shape index (κ1) is 34.2. The van der Waals surface area contributed by atoms with Crippen LogP contribution in [0.2, 0.25) is 0 Å². The zero-order chi connectivity index (χ0) is 34.5. The quantitative estimate of drug-likeness (QED) is 0.146. The van der Waals surface area contributed by atoms with Gasteiger partial charge in [-0.25, -0.2) is 9.97 Å². The number of fused-ring (bicyclic) bond motifs is 2. The monoisotopic (exact) mass is 664 g/mol. The molecule has 0 spiro atoms. The predicted octanol–water partition coefficient (Wildman–Crippen LogP) is 5.63. The summed E-state index contributed by atoms with van der Waals surface area (Å²) in [5.74, 6) is 0.427. The number of hydrogen-bond donors (Lipinski definition) is 3. The van der Waals surface area contributed by atoms with E-state index in [1.165, 1.54) is 42.3 Å². The van der Waals surface area contributed by atoms with Crippen molar-refractivity contribution in [3.63, 3.8) is 0 Å². The van der Waals surface area contributed by atoms with Gasteiger partial charge in [-0.3, -0.25) is 24.4 Å². The van der Waals surface area contributed by atoms with Crippen LogP contribution in [-0.2, 0) is 29.6 Å². The van der Waals surface area contributed by atoms with Crippen molar-refractivity contribution in [1.29, 1.82) is 0 Å². The lowest BCUT2D eigenvalue weighted by Crippen LogP contribution is -2.52. The standard InChI is InChI=1S/C20H25N5.C18H23N3O3/c1-13(2)19-16-12-14(8-9-18(16)24-25(19)3)17-10-11-21-20(23-17)22-15-6-4-5-7-15;19-10-3-1-2-5-12-6-4-7-13-14(12)11-21(18(13)24)15-8-9-16(22)20-17(15)23/h8-13,15H,4-7H2,1-3H3,(H,21,22,23);4,6-7,15H,1-3,5,8-11,19H2,(H,20,22,23). The van der Waals surface area contributed by atoms with Crippen LogP contribution in [0.25, 0.3) is 22.2 Å². The number of imide groups is 1. The van der Waals surface area contributed by atoms with Gasteiger partial charge in [0.05, 0.1) is 11.2 Å². The Morgan fingerprint density at radius 3 is 2.59 bits per heavy atom. The maximum absolute atomic E-state index is 12.7. The van der Waals surface area contributed by atoms with E-state index in [1.807, 2.05) is 36.1 Å². The molecular formula is C38H48N8O3. The molecule has 1 atom stereocenters. The Labute approximate surface area is 288 Å². The van der Waals surface area contributed by atoms with Crippen LogP contribution in [0.3, 0.4) is 0 Å². The molecule has 49 heavy (non-hydrogen) atoms. The Kier molecular flexibility index (Phi) is 10.7. The summed E-state index contributed by atoms with van der Waals surface area (Å²) in [5, 5.41) is 11.7. The van der Waals surface area contributed by atoms with Gasteiger partial charge in [-0.2, -0.15) is 5.10 Å². The number of piperidine rings is 1. The minimum Gasteiger partial charge on any atom is -0.351 e. The number of carbonyl (C=O) groups excluding carboxylic acids is 3. The van der Waals surface area contributed by atoms with Crippen molar-refractivity contribution in [3.8, 4) is 11.3 Å². The van der Waals surface area contributed by atoms with E-state index < -0.39 is 6.04 Å². The first-order chi connectivity index (χ1) is 23.7. The number of aromatic nitrogens is 4. The first-order valence-corrected chi connectivity index (χ1v) is 17.8. The zero-order valence-electron chi connectivity index (χ0n) is 28.9. The number of nitrogens with zero attached hydrogens (tertiary/aromatic N) is 5. The fourth-order valence-electron chi connectivity index (χ4n) is 7.42. The molecule has 3 amide bonds. The van der Waals surface area contributed by atoms with E-state index >= 15 is 0 Å². The van der Waals surface area contributed by atoms with E-state index in [1.54, 1.807) is 4.90 Å². The van der Waals surface area contributed by atoms with Crippen LogP contribution < -0.4 is 16.4 Å². The number of hydrogen-bond acceptors (Lipinski definition) is 8. The van der Waals surface area contributed by atoms with Crippen molar-refractivity contribution in [2.75, 3.05) is 11.9 Å². The molecule has 11 nitrogen and oxygen atoms in total. The van der Waals surface area contributed by atoms with E-state index in [-0.39, 0.29) is 24.1 Å². The zero-order valence-corrected chi connectivity index (χ0v) is 28.9. The summed E-state index contributed by atoms with van der Waals surface area (Å²) in [4.78, 5) is 46.8. The van der Waals surface area contributed by atoms with E-state index in [0.29, 0.717) is 37.0 Å². The molecule has 1 saturated carbocycles. The molecule has 4 N–H and O–H groups in total. The SMILES string of the molecule is CC(C)c1c2cc(-c3ccnc(NC4CCCC4)n3)ccc2nn1C.NCCCCCc1cccc2c1CN(C1CCC(=O)NC1=O)C2=O. The Morgan fingerprint density at radius 2 is 1.84 bits per heavy atom. The molecule has 0 radical (unpaired) electrons. The van der Waals surface area contributed by atoms with Crippen molar-refractivity contribution in [1.82, 2.24) is 30.0 Å². The highest BCUT2D eigenvalue weighted by Gasteiger charge is 2.39. The van der Waals surface area contributed by atoms with Gasteiger partial charge in [-0.05, 0) is 86.4 Å². The number of nitrogens with two attached hydrogens (primary N) is 1. The molecule has 2 aromatic carbocycles. The minimum absolute atomic E-state index is 0.108. The number of nitrogens with one attached hydrogen (secondary N) is 2. The third-order valence-corrected chi connectivity index (χ3v) is 9.89. The molecule has 3 aliphatic rings. The van der Waals surface area contributed by atoms with Gasteiger partial charge in [0.1, 0.15) is 6.04 Å². The molecule has 11 heteroatoms. The van der Waals surface area contributed by atoms with Gasteiger partial charge >= 0.3 is 0 Å². The second-order valence-electron chi connectivity index (χ2n) is 13.7. The maximum atomic E-state index is 12.7. The molecule has 2 aromatic heterocycles. The summed E-state index contributed by atoms with van der Waals surface area (Å²) in [6, 6.07) is 14.1. The molecule has 4 aromatic rings. The lowest BCUT2D eigenvalue weighted by molar-refractivity contribution is -0.136. The summed E-state index contributed by atoms with van der Waals surface area (Å²) in [5.41, 5.74) is 12.8. The first-order valence-electron chi connectivity index (χ1n) is 17.8. The number of amides is 3. The Bertz CT molecular complexity index is 1830. The molecule has 1 unspecified atom stereocenters. The Balaban J connectivity index is 0.000000170. The van der Waals surface area contributed by atoms with Gasteiger partial charge < -0.3 is 16.0 Å². The van der Waals surface area contributed by atoms with E-state index in [9.17, 15) is 14.4 Å². The fourth-order valence-corrected chi connectivity index (χ4v) is 7.42. The van der Waals surface area contributed by atoms with Crippen LogP contribution in [0.1, 0.15) is 105 Å². The Hall–Kier alpha value is -4.64. The van der Waals surface area contributed by atoms with E-state index in [4.69, 9.17) is 10.7 Å². The molecule has 258 valence electrons. The number of unbranched alkanes of at least 4 members (excludes halogenated alkanes) is 2. The molecule has 1 saturated heterocycles. The van der Waals surface area contributed by atoms with Crippen LogP contribution in [0, 0.1) is 0 Å². The van der Waals surface area contributed by atoms with Crippen LogP contribution in [0.4, 0.5) is 5.95 Å². The average Bonchev–Trinajstić information content (AvgIpc) is 3.81. The smallest absolute Gasteiger partial charge is 0.255 e. The number of carbonyl (C=O) groups is 3.